The topological polar surface area (TPSA) is 9.23 Å². The van der Waals surface area contributed by atoms with Crippen molar-refractivity contribution in [1.82, 2.24) is 0 Å². The van der Waals surface area contributed by atoms with E-state index in [1.807, 2.05) is 30.3 Å². The van der Waals surface area contributed by atoms with Crippen LogP contribution in [-0.4, -0.2) is 13.7 Å². The SMILES string of the molecule is C=CCCc1ccc(-c2ccc(CCc3ccc(C#CCCCOC)cc3)cc2F)cc1. The van der Waals surface area contributed by atoms with E-state index in [1.54, 1.807) is 13.2 Å². The summed E-state index contributed by atoms with van der Waals surface area (Å²) in [6.45, 7) is 4.51. The van der Waals surface area contributed by atoms with Crippen LogP contribution in [0.1, 0.15) is 41.5 Å². The Morgan fingerprint density at radius 3 is 2.22 bits per heavy atom. The van der Waals surface area contributed by atoms with Crippen molar-refractivity contribution in [3.8, 4) is 23.0 Å². The lowest BCUT2D eigenvalue weighted by molar-refractivity contribution is 0.196. The number of unbranched alkanes of at least 4 members (excludes halogenated alkanes) is 1. The molecule has 0 heterocycles. The highest BCUT2D eigenvalue weighted by Gasteiger charge is 2.07. The molecule has 0 fully saturated rings. The summed E-state index contributed by atoms with van der Waals surface area (Å²) >= 11 is 0. The van der Waals surface area contributed by atoms with Crippen LogP contribution in [0.25, 0.3) is 11.1 Å². The van der Waals surface area contributed by atoms with Crippen LogP contribution in [-0.2, 0) is 24.0 Å². The van der Waals surface area contributed by atoms with Crippen LogP contribution in [0, 0.1) is 17.7 Å². The number of hydrogen-bond acceptors (Lipinski definition) is 1. The molecular weight excluding hydrogens is 395 g/mol. The zero-order chi connectivity index (χ0) is 22.6. The molecule has 0 aliphatic rings. The summed E-state index contributed by atoms with van der Waals surface area (Å²) in [4.78, 5) is 0. The highest BCUT2D eigenvalue weighted by Crippen LogP contribution is 2.25. The van der Waals surface area contributed by atoms with E-state index < -0.39 is 0 Å². The number of rotatable bonds is 10. The van der Waals surface area contributed by atoms with Crippen LogP contribution in [0.15, 0.2) is 79.4 Å². The predicted molar refractivity (Wildman–Crippen MR) is 132 cm³/mol. The third kappa shape index (κ3) is 7.22. The summed E-state index contributed by atoms with van der Waals surface area (Å²) in [5.74, 6) is 6.20. The lowest BCUT2D eigenvalue weighted by Crippen LogP contribution is -1.94. The maximum absolute atomic E-state index is 14.8. The van der Waals surface area contributed by atoms with E-state index in [0.29, 0.717) is 5.56 Å². The van der Waals surface area contributed by atoms with E-state index >= 15 is 0 Å². The molecule has 0 bridgehead atoms. The van der Waals surface area contributed by atoms with E-state index in [1.165, 1.54) is 11.1 Å². The van der Waals surface area contributed by atoms with Gasteiger partial charge in [0.1, 0.15) is 5.82 Å². The molecule has 0 saturated heterocycles. The second-order valence-electron chi connectivity index (χ2n) is 7.93. The fourth-order valence-corrected chi connectivity index (χ4v) is 3.58. The predicted octanol–water partition coefficient (Wildman–Crippen LogP) is 7.17. The second-order valence-corrected chi connectivity index (χ2v) is 7.93. The molecule has 164 valence electrons. The van der Waals surface area contributed by atoms with E-state index in [-0.39, 0.29) is 5.82 Å². The van der Waals surface area contributed by atoms with Gasteiger partial charge in [0.2, 0.25) is 0 Å². The van der Waals surface area contributed by atoms with E-state index in [4.69, 9.17) is 4.74 Å². The molecule has 0 unspecified atom stereocenters. The van der Waals surface area contributed by atoms with Gasteiger partial charge in [0, 0.05) is 31.3 Å². The Hall–Kier alpha value is -3.15. The number of methoxy groups -OCH3 is 1. The quantitative estimate of drug-likeness (QED) is 0.190. The third-order valence-corrected chi connectivity index (χ3v) is 5.47. The van der Waals surface area contributed by atoms with Crippen LogP contribution < -0.4 is 0 Å². The van der Waals surface area contributed by atoms with Gasteiger partial charge in [-0.15, -0.1) is 6.58 Å². The Labute approximate surface area is 192 Å². The third-order valence-electron chi connectivity index (χ3n) is 5.47. The largest absolute Gasteiger partial charge is 0.385 e. The highest BCUT2D eigenvalue weighted by molar-refractivity contribution is 5.64. The summed E-state index contributed by atoms with van der Waals surface area (Å²) < 4.78 is 19.8. The van der Waals surface area contributed by atoms with E-state index in [9.17, 15) is 4.39 Å². The van der Waals surface area contributed by atoms with Crippen molar-refractivity contribution in [3.63, 3.8) is 0 Å². The smallest absolute Gasteiger partial charge is 0.131 e. The van der Waals surface area contributed by atoms with Gasteiger partial charge < -0.3 is 4.74 Å². The molecule has 0 aromatic heterocycles. The molecule has 0 aliphatic carbocycles. The standard InChI is InChI=1S/C30H31FO/c1-3-4-8-24-16-19-28(20-17-24)29-21-18-27(23-30(29)31)15-14-26-12-10-25(11-13-26)9-6-5-7-22-32-2/h3,10-13,16-21,23H,1,4-5,7-8,14-15,22H2,2H3. The zero-order valence-electron chi connectivity index (χ0n) is 18.9. The van der Waals surface area contributed by atoms with Crippen molar-refractivity contribution in [1.29, 1.82) is 0 Å². The minimum Gasteiger partial charge on any atom is -0.385 e. The van der Waals surface area contributed by atoms with Gasteiger partial charge in [-0.05, 0) is 72.6 Å². The maximum Gasteiger partial charge on any atom is 0.131 e. The van der Waals surface area contributed by atoms with Crippen LogP contribution in [0.2, 0.25) is 0 Å². The molecule has 3 rings (SSSR count). The monoisotopic (exact) mass is 426 g/mol. The fourth-order valence-electron chi connectivity index (χ4n) is 3.58. The normalized spacial score (nSPS) is 10.4. The molecule has 1 nitrogen and oxygen atoms in total. The van der Waals surface area contributed by atoms with Gasteiger partial charge in [-0.1, -0.05) is 66.4 Å². The molecule has 0 aliphatic heterocycles. The molecule has 3 aromatic rings. The first-order valence-electron chi connectivity index (χ1n) is 11.2. The summed E-state index contributed by atoms with van der Waals surface area (Å²) in [5, 5.41) is 0. The van der Waals surface area contributed by atoms with Gasteiger partial charge >= 0.3 is 0 Å². The van der Waals surface area contributed by atoms with Crippen LogP contribution in [0.3, 0.4) is 0 Å². The van der Waals surface area contributed by atoms with Gasteiger partial charge in [0.25, 0.3) is 0 Å². The zero-order valence-corrected chi connectivity index (χ0v) is 18.9. The molecule has 32 heavy (non-hydrogen) atoms. The van der Waals surface area contributed by atoms with Crippen molar-refractivity contribution in [2.75, 3.05) is 13.7 Å². The van der Waals surface area contributed by atoms with Gasteiger partial charge in [0.05, 0.1) is 0 Å². The fraction of sp³-hybridized carbons (Fsp3) is 0.267. The summed E-state index contributed by atoms with van der Waals surface area (Å²) in [7, 11) is 1.71. The number of allylic oxidation sites excluding steroid dienone is 1. The number of aryl methyl sites for hydroxylation is 3. The maximum atomic E-state index is 14.8. The molecule has 0 N–H and O–H groups in total. The molecule has 0 radical (unpaired) electrons. The first-order chi connectivity index (χ1) is 15.7. The molecular formula is C30H31FO. The Bertz CT molecular complexity index is 1050. The highest BCUT2D eigenvalue weighted by atomic mass is 19.1. The Kier molecular flexibility index (Phi) is 9.29. The van der Waals surface area contributed by atoms with Crippen molar-refractivity contribution in [2.45, 2.75) is 38.5 Å². The van der Waals surface area contributed by atoms with Crippen molar-refractivity contribution < 1.29 is 9.13 Å². The first-order valence-corrected chi connectivity index (χ1v) is 11.2. The molecule has 0 spiro atoms. The average molecular weight is 427 g/mol. The molecule has 0 amide bonds. The lowest BCUT2D eigenvalue weighted by atomic mass is 9.98. The lowest BCUT2D eigenvalue weighted by Gasteiger charge is -2.08. The Morgan fingerprint density at radius 2 is 1.53 bits per heavy atom. The van der Waals surface area contributed by atoms with Crippen molar-refractivity contribution in [2.24, 2.45) is 0 Å². The van der Waals surface area contributed by atoms with Gasteiger partial charge in [-0.25, -0.2) is 4.39 Å². The summed E-state index contributed by atoms with van der Waals surface area (Å²) in [6.07, 6.45) is 7.31. The van der Waals surface area contributed by atoms with E-state index in [2.05, 4.69) is 54.8 Å². The average Bonchev–Trinajstić information content (AvgIpc) is 2.82. The Balaban J connectivity index is 1.56. The van der Waals surface area contributed by atoms with Crippen molar-refractivity contribution in [3.05, 3.63) is 107 Å². The number of hydrogen-bond donors (Lipinski definition) is 0. The van der Waals surface area contributed by atoms with Crippen LogP contribution >= 0.6 is 0 Å². The first kappa shape index (κ1) is 23.5. The number of halogens is 1. The summed E-state index contributed by atoms with van der Waals surface area (Å²) in [6, 6.07) is 22.1. The number of ether oxygens (including phenoxy) is 1. The molecule has 3 aromatic carbocycles. The van der Waals surface area contributed by atoms with Gasteiger partial charge in [0.15, 0.2) is 0 Å². The number of benzene rings is 3. The molecule has 0 atom stereocenters. The second kappa shape index (κ2) is 12.6. The van der Waals surface area contributed by atoms with Crippen LogP contribution in [0.5, 0.6) is 0 Å². The minimum absolute atomic E-state index is 0.166. The van der Waals surface area contributed by atoms with Gasteiger partial charge in [-0.3, -0.25) is 0 Å². The Morgan fingerprint density at radius 1 is 0.875 bits per heavy atom. The minimum atomic E-state index is -0.166. The van der Waals surface area contributed by atoms with Gasteiger partial charge in [-0.2, -0.15) is 0 Å². The van der Waals surface area contributed by atoms with E-state index in [0.717, 1.165) is 61.8 Å². The summed E-state index contributed by atoms with van der Waals surface area (Å²) in [5.41, 5.74) is 6.07. The molecule has 2 heteroatoms. The molecule has 0 saturated carbocycles. The van der Waals surface area contributed by atoms with Crippen LogP contribution in [0.4, 0.5) is 4.39 Å². The van der Waals surface area contributed by atoms with Crippen molar-refractivity contribution >= 4 is 0 Å².